The molecule has 23 heavy (non-hydrogen) atoms. The second kappa shape index (κ2) is 7.40. The summed E-state index contributed by atoms with van der Waals surface area (Å²) in [4.78, 5) is 22.7. The SMILES string of the molecule is COC(=O)c1cc(O)c(C#CCNC(=O)OC(C)(C)C)c(O)c1. The molecule has 1 amide bonds. The Morgan fingerprint density at radius 3 is 2.26 bits per heavy atom. The molecule has 124 valence electrons. The minimum Gasteiger partial charge on any atom is -0.506 e. The van der Waals surface area contributed by atoms with Crippen molar-refractivity contribution in [2.45, 2.75) is 26.4 Å². The smallest absolute Gasteiger partial charge is 0.408 e. The number of aromatic hydroxyl groups is 2. The highest BCUT2D eigenvalue weighted by molar-refractivity contribution is 5.91. The third kappa shape index (κ3) is 5.79. The zero-order valence-corrected chi connectivity index (χ0v) is 13.4. The van der Waals surface area contributed by atoms with Gasteiger partial charge in [-0.3, -0.25) is 0 Å². The molecule has 0 spiro atoms. The van der Waals surface area contributed by atoms with Gasteiger partial charge in [0.15, 0.2) is 0 Å². The summed E-state index contributed by atoms with van der Waals surface area (Å²) in [5.41, 5.74) is -0.666. The van der Waals surface area contributed by atoms with Crippen molar-refractivity contribution in [3.63, 3.8) is 0 Å². The lowest BCUT2D eigenvalue weighted by Crippen LogP contribution is -2.32. The van der Waals surface area contributed by atoms with Crippen LogP contribution in [0.1, 0.15) is 36.7 Å². The van der Waals surface area contributed by atoms with Gasteiger partial charge >= 0.3 is 12.1 Å². The van der Waals surface area contributed by atoms with Crippen molar-refractivity contribution in [2.24, 2.45) is 0 Å². The summed E-state index contributed by atoms with van der Waals surface area (Å²) in [6.07, 6.45) is -0.624. The number of phenolic OH excluding ortho intramolecular Hbond substituents is 2. The van der Waals surface area contributed by atoms with Crippen molar-refractivity contribution in [2.75, 3.05) is 13.7 Å². The Labute approximate surface area is 134 Å². The number of methoxy groups -OCH3 is 1. The number of esters is 1. The number of benzene rings is 1. The maximum atomic E-state index is 11.4. The number of hydrogen-bond acceptors (Lipinski definition) is 6. The quantitative estimate of drug-likeness (QED) is 0.566. The van der Waals surface area contributed by atoms with Gasteiger partial charge < -0.3 is 25.0 Å². The Morgan fingerprint density at radius 1 is 1.22 bits per heavy atom. The van der Waals surface area contributed by atoms with Crippen LogP contribution in [0.2, 0.25) is 0 Å². The maximum Gasteiger partial charge on any atom is 0.408 e. The van der Waals surface area contributed by atoms with Crippen molar-refractivity contribution in [3.05, 3.63) is 23.3 Å². The first kappa shape index (κ1) is 18.2. The monoisotopic (exact) mass is 321 g/mol. The zero-order valence-electron chi connectivity index (χ0n) is 13.4. The highest BCUT2D eigenvalue weighted by Gasteiger charge is 2.15. The molecular weight excluding hydrogens is 302 g/mol. The first-order valence-electron chi connectivity index (χ1n) is 6.74. The van der Waals surface area contributed by atoms with Crippen LogP contribution in [0.15, 0.2) is 12.1 Å². The molecule has 7 heteroatoms. The van der Waals surface area contributed by atoms with Gasteiger partial charge in [0.1, 0.15) is 22.7 Å². The Kier molecular flexibility index (Phi) is 5.85. The fourth-order valence-corrected chi connectivity index (χ4v) is 1.54. The number of phenols is 2. The molecule has 0 saturated heterocycles. The van der Waals surface area contributed by atoms with Gasteiger partial charge in [0.2, 0.25) is 0 Å². The lowest BCUT2D eigenvalue weighted by Gasteiger charge is -2.19. The molecule has 0 heterocycles. The molecule has 1 aromatic rings. The van der Waals surface area contributed by atoms with Crippen LogP contribution in [-0.4, -0.2) is 41.5 Å². The Hall–Kier alpha value is -2.88. The number of carbonyl (C=O) groups excluding carboxylic acids is 2. The third-order valence-corrected chi connectivity index (χ3v) is 2.45. The largest absolute Gasteiger partial charge is 0.506 e. The van der Waals surface area contributed by atoms with Gasteiger partial charge in [-0.25, -0.2) is 9.59 Å². The molecule has 0 bridgehead atoms. The van der Waals surface area contributed by atoms with Crippen LogP contribution in [0.3, 0.4) is 0 Å². The molecule has 0 aliphatic heterocycles. The number of hydrogen-bond donors (Lipinski definition) is 3. The van der Waals surface area contributed by atoms with Gasteiger partial charge in [-0.05, 0) is 32.9 Å². The van der Waals surface area contributed by atoms with Crippen LogP contribution in [-0.2, 0) is 9.47 Å². The predicted molar refractivity (Wildman–Crippen MR) is 82.2 cm³/mol. The Bertz CT molecular complexity index is 640. The average molecular weight is 321 g/mol. The number of nitrogens with one attached hydrogen (secondary N) is 1. The van der Waals surface area contributed by atoms with E-state index < -0.39 is 17.7 Å². The van der Waals surface area contributed by atoms with Crippen molar-refractivity contribution in [3.8, 4) is 23.3 Å². The fraction of sp³-hybridized carbons (Fsp3) is 0.375. The lowest BCUT2D eigenvalue weighted by molar-refractivity contribution is 0.0533. The number of rotatable bonds is 2. The summed E-state index contributed by atoms with van der Waals surface area (Å²) in [6, 6.07) is 2.27. The summed E-state index contributed by atoms with van der Waals surface area (Å²) in [6.45, 7) is 5.16. The standard InChI is InChI=1S/C16H19NO6/c1-16(2,3)23-15(21)17-7-5-6-11-12(18)8-10(9-13(11)19)14(20)22-4/h8-9,18-19H,7H2,1-4H3,(H,17,21). The lowest BCUT2D eigenvalue weighted by atomic mass is 10.1. The van der Waals surface area contributed by atoms with E-state index in [2.05, 4.69) is 21.9 Å². The van der Waals surface area contributed by atoms with E-state index in [0.29, 0.717) is 0 Å². The molecule has 0 fully saturated rings. The minimum absolute atomic E-state index is 0.0000648. The molecule has 0 aromatic heterocycles. The highest BCUT2D eigenvalue weighted by Crippen LogP contribution is 2.28. The van der Waals surface area contributed by atoms with Crippen LogP contribution in [0.5, 0.6) is 11.5 Å². The molecule has 0 unspecified atom stereocenters. The molecule has 0 aliphatic rings. The summed E-state index contributed by atoms with van der Waals surface area (Å²) >= 11 is 0. The Balaban J connectivity index is 2.76. The predicted octanol–water partition coefficient (Wildman–Crippen LogP) is 1.76. The number of alkyl carbamates (subject to hydrolysis) is 1. The molecule has 1 rings (SSSR count). The molecule has 3 N–H and O–H groups in total. The first-order chi connectivity index (χ1) is 10.6. The minimum atomic E-state index is -0.693. The summed E-state index contributed by atoms with van der Waals surface area (Å²) < 4.78 is 9.52. The third-order valence-electron chi connectivity index (χ3n) is 2.45. The Morgan fingerprint density at radius 2 is 1.78 bits per heavy atom. The van der Waals surface area contributed by atoms with Crippen LogP contribution < -0.4 is 5.32 Å². The second-order valence-electron chi connectivity index (χ2n) is 5.54. The van der Waals surface area contributed by atoms with E-state index in [9.17, 15) is 19.8 Å². The van der Waals surface area contributed by atoms with Crippen LogP contribution in [0, 0.1) is 11.8 Å². The van der Waals surface area contributed by atoms with Crippen molar-refractivity contribution in [1.82, 2.24) is 5.32 Å². The van der Waals surface area contributed by atoms with E-state index >= 15 is 0 Å². The average Bonchev–Trinajstić information content (AvgIpc) is 2.42. The van der Waals surface area contributed by atoms with E-state index in [4.69, 9.17) is 4.74 Å². The van der Waals surface area contributed by atoms with E-state index in [1.165, 1.54) is 7.11 Å². The highest BCUT2D eigenvalue weighted by atomic mass is 16.6. The number of carbonyl (C=O) groups is 2. The van der Waals surface area contributed by atoms with E-state index in [1.54, 1.807) is 20.8 Å². The van der Waals surface area contributed by atoms with Gasteiger partial charge in [-0.1, -0.05) is 11.8 Å². The molecule has 0 atom stereocenters. The fourth-order valence-electron chi connectivity index (χ4n) is 1.54. The molecule has 0 aliphatic carbocycles. The topological polar surface area (TPSA) is 105 Å². The molecule has 0 saturated carbocycles. The maximum absolute atomic E-state index is 11.4. The van der Waals surface area contributed by atoms with Crippen molar-refractivity contribution < 1.29 is 29.3 Å². The van der Waals surface area contributed by atoms with Gasteiger partial charge in [0.25, 0.3) is 0 Å². The van der Waals surface area contributed by atoms with Crippen molar-refractivity contribution >= 4 is 12.1 Å². The summed E-state index contributed by atoms with van der Waals surface area (Å²) in [5, 5.41) is 22.0. The zero-order chi connectivity index (χ0) is 17.6. The van der Waals surface area contributed by atoms with Crippen LogP contribution >= 0.6 is 0 Å². The molecule has 7 nitrogen and oxygen atoms in total. The normalized spacial score (nSPS) is 10.3. The van der Waals surface area contributed by atoms with E-state index in [1.807, 2.05) is 0 Å². The van der Waals surface area contributed by atoms with Crippen LogP contribution in [0.4, 0.5) is 4.79 Å². The summed E-state index contributed by atoms with van der Waals surface area (Å²) in [5.74, 6) is 3.65. The van der Waals surface area contributed by atoms with Gasteiger partial charge in [-0.15, -0.1) is 0 Å². The molecule has 0 radical (unpaired) electrons. The van der Waals surface area contributed by atoms with E-state index in [-0.39, 0.29) is 29.2 Å². The van der Waals surface area contributed by atoms with Gasteiger partial charge in [-0.2, -0.15) is 0 Å². The van der Waals surface area contributed by atoms with E-state index in [0.717, 1.165) is 12.1 Å². The number of ether oxygens (including phenoxy) is 2. The number of amides is 1. The van der Waals surface area contributed by atoms with Crippen LogP contribution in [0.25, 0.3) is 0 Å². The summed E-state index contributed by atoms with van der Waals surface area (Å²) in [7, 11) is 1.19. The first-order valence-corrected chi connectivity index (χ1v) is 6.74. The molecular formula is C16H19NO6. The molecule has 1 aromatic carbocycles. The van der Waals surface area contributed by atoms with Gasteiger partial charge in [0, 0.05) is 0 Å². The second-order valence-corrected chi connectivity index (χ2v) is 5.54. The van der Waals surface area contributed by atoms with Gasteiger partial charge in [0.05, 0.1) is 19.2 Å². The van der Waals surface area contributed by atoms with Crippen molar-refractivity contribution in [1.29, 1.82) is 0 Å².